The summed E-state index contributed by atoms with van der Waals surface area (Å²) in [5.74, 6) is -0.0778. The molecule has 1 atom stereocenters. The third kappa shape index (κ3) is 4.76. The number of ether oxygens (including phenoxy) is 4. The zero-order valence-corrected chi connectivity index (χ0v) is 21.1. The van der Waals surface area contributed by atoms with Gasteiger partial charge in [-0.1, -0.05) is 12.1 Å². The molecule has 2 fully saturated rings. The summed E-state index contributed by atoms with van der Waals surface area (Å²) in [6.07, 6.45) is 0. The molecule has 9 heteroatoms. The number of hydrogen-bond acceptors (Lipinski definition) is 7. The number of aryl methyl sites for hydroxylation is 1. The standard InChI is InChI=1S/C27H32N2O7/c1-17-16-18(8-9-20(17)33-2)24(30)22-23(19-6-5-7-21(34-3)26(19)35-4)29(27(32)25(22)31)11-10-28-12-14-36-15-13-28/h5-9,16,23,30H,10-15H2,1-4H3/p+1. The summed E-state index contributed by atoms with van der Waals surface area (Å²) in [6, 6.07) is 9.62. The summed E-state index contributed by atoms with van der Waals surface area (Å²) < 4.78 is 21.9. The fourth-order valence-electron chi connectivity index (χ4n) is 4.93. The molecule has 2 aromatic rings. The van der Waals surface area contributed by atoms with Crippen molar-refractivity contribution in [3.63, 3.8) is 0 Å². The Labute approximate surface area is 210 Å². The molecule has 0 bridgehead atoms. The van der Waals surface area contributed by atoms with E-state index < -0.39 is 17.7 Å². The lowest BCUT2D eigenvalue weighted by atomic mass is 9.94. The molecule has 1 unspecified atom stereocenters. The van der Waals surface area contributed by atoms with E-state index in [1.54, 1.807) is 43.5 Å². The van der Waals surface area contributed by atoms with Gasteiger partial charge in [0.05, 0.1) is 59.2 Å². The third-order valence-electron chi connectivity index (χ3n) is 6.84. The van der Waals surface area contributed by atoms with Gasteiger partial charge in [0.25, 0.3) is 11.7 Å². The van der Waals surface area contributed by atoms with Crippen LogP contribution >= 0.6 is 0 Å². The van der Waals surface area contributed by atoms with E-state index in [2.05, 4.69) is 0 Å². The molecule has 9 nitrogen and oxygen atoms in total. The molecule has 2 heterocycles. The van der Waals surface area contributed by atoms with Gasteiger partial charge < -0.3 is 33.9 Å². The summed E-state index contributed by atoms with van der Waals surface area (Å²) in [5.41, 5.74) is 1.81. The predicted octanol–water partition coefficient (Wildman–Crippen LogP) is 1.36. The minimum Gasteiger partial charge on any atom is -0.507 e. The van der Waals surface area contributed by atoms with E-state index in [-0.39, 0.29) is 11.3 Å². The van der Waals surface area contributed by atoms with Gasteiger partial charge in [0.2, 0.25) is 0 Å². The average Bonchev–Trinajstić information content (AvgIpc) is 3.16. The minimum atomic E-state index is -0.835. The molecule has 2 aromatic carbocycles. The number of amides is 1. The van der Waals surface area contributed by atoms with Crippen molar-refractivity contribution < 1.29 is 38.5 Å². The SMILES string of the molecule is COc1ccc(C(O)=C2C(=O)C(=O)N(CC[NH+]3CCOCC3)C2c2cccc(OC)c2OC)cc1C. The Morgan fingerprint density at radius 1 is 1.06 bits per heavy atom. The summed E-state index contributed by atoms with van der Waals surface area (Å²) in [4.78, 5) is 29.6. The van der Waals surface area contributed by atoms with Gasteiger partial charge in [-0.2, -0.15) is 0 Å². The Balaban J connectivity index is 1.83. The normalized spacial score (nSPS) is 20.0. The first kappa shape index (κ1) is 25.5. The van der Waals surface area contributed by atoms with Crippen LogP contribution in [-0.4, -0.2) is 82.4 Å². The molecule has 2 aliphatic heterocycles. The van der Waals surface area contributed by atoms with Crippen LogP contribution in [0.3, 0.4) is 0 Å². The molecular formula is C27H33N2O7+. The molecule has 2 N–H and O–H groups in total. The van der Waals surface area contributed by atoms with Crippen molar-refractivity contribution in [2.45, 2.75) is 13.0 Å². The molecule has 0 aliphatic carbocycles. The van der Waals surface area contributed by atoms with Gasteiger partial charge in [0.15, 0.2) is 11.5 Å². The highest BCUT2D eigenvalue weighted by Crippen LogP contribution is 2.45. The smallest absolute Gasteiger partial charge is 0.295 e. The van der Waals surface area contributed by atoms with E-state index in [4.69, 9.17) is 18.9 Å². The Bertz CT molecular complexity index is 1170. The first-order valence-electron chi connectivity index (χ1n) is 12.0. The highest BCUT2D eigenvalue weighted by Gasteiger charge is 2.47. The monoisotopic (exact) mass is 497 g/mol. The Morgan fingerprint density at radius 2 is 1.78 bits per heavy atom. The van der Waals surface area contributed by atoms with Crippen LogP contribution in [0, 0.1) is 6.92 Å². The zero-order valence-electron chi connectivity index (χ0n) is 21.1. The fraction of sp³-hybridized carbons (Fsp3) is 0.407. The maximum Gasteiger partial charge on any atom is 0.295 e. The number of para-hydroxylation sites is 1. The predicted molar refractivity (Wildman–Crippen MR) is 133 cm³/mol. The molecule has 192 valence electrons. The molecule has 2 aliphatic rings. The van der Waals surface area contributed by atoms with Crippen molar-refractivity contribution in [1.29, 1.82) is 0 Å². The molecule has 4 rings (SSSR count). The van der Waals surface area contributed by atoms with Crippen LogP contribution < -0.4 is 19.1 Å². The van der Waals surface area contributed by atoms with E-state index in [0.29, 0.717) is 54.7 Å². The second-order valence-corrected chi connectivity index (χ2v) is 8.87. The van der Waals surface area contributed by atoms with Crippen LogP contribution in [-0.2, 0) is 14.3 Å². The molecular weight excluding hydrogens is 464 g/mol. The average molecular weight is 498 g/mol. The zero-order chi connectivity index (χ0) is 25.8. The quantitative estimate of drug-likeness (QED) is 0.323. The highest BCUT2D eigenvalue weighted by atomic mass is 16.5. The fourth-order valence-corrected chi connectivity index (χ4v) is 4.93. The van der Waals surface area contributed by atoms with Gasteiger partial charge in [-0.3, -0.25) is 9.59 Å². The van der Waals surface area contributed by atoms with Gasteiger partial charge >= 0.3 is 0 Å². The number of carbonyl (C=O) groups is 2. The second kappa shape index (κ2) is 11.0. The molecule has 0 radical (unpaired) electrons. The van der Waals surface area contributed by atoms with Crippen molar-refractivity contribution >= 4 is 17.4 Å². The van der Waals surface area contributed by atoms with E-state index in [0.717, 1.165) is 18.7 Å². The number of carbonyl (C=O) groups excluding carboxylic acids is 2. The second-order valence-electron chi connectivity index (χ2n) is 8.87. The number of hydrogen-bond donors (Lipinski definition) is 2. The summed E-state index contributed by atoms with van der Waals surface area (Å²) in [7, 11) is 4.61. The topological polar surface area (TPSA) is 99.0 Å². The first-order valence-corrected chi connectivity index (χ1v) is 12.0. The third-order valence-corrected chi connectivity index (χ3v) is 6.84. The number of nitrogens with one attached hydrogen (secondary N) is 1. The van der Waals surface area contributed by atoms with E-state index >= 15 is 0 Å². The van der Waals surface area contributed by atoms with Crippen LogP contribution in [0.1, 0.15) is 22.7 Å². The number of likely N-dealkylation sites (tertiary alicyclic amines) is 1. The van der Waals surface area contributed by atoms with Gasteiger partial charge in [0.1, 0.15) is 24.6 Å². The molecule has 0 spiro atoms. The van der Waals surface area contributed by atoms with Crippen molar-refractivity contribution in [1.82, 2.24) is 4.90 Å². The summed E-state index contributed by atoms with van der Waals surface area (Å²) in [6.45, 7) is 5.84. The van der Waals surface area contributed by atoms with Crippen LogP contribution in [0.4, 0.5) is 0 Å². The number of Topliss-reactive ketones (excluding diaryl/α,β-unsaturated/α-hetero) is 1. The number of benzene rings is 2. The van der Waals surface area contributed by atoms with E-state index in [1.165, 1.54) is 24.0 Å². The van der Waals surface area contributed by atoms with Crippen LogP contribution in [0.25, 0.3) is 5.76 Å². The lowest BCUT2D eigenvalue weighted by molar-refractivity contribution is -0.907. The number of morpholine rings is 1. The number of nitrogens with zero attached hydrogens (tertiary/aromatic N) is 1. The summed E-state index contributed by atoms with van der Waals surface area (Å²) in [5, 5.41) is 11.4. The molecule has 0 saturated carbocycles. The van der Waals surface area contributed by atoms with Crippen molar-refractivity contribution in [3.8, 4) is 17.2 Å². The summed E-state index contributed by atoms with van der Waals surface area (Å²) >= 11 is 0. The van der Waals surface area contributed by atoms with Crippen LogP contribution in [0.5, 0.6) is 17.2 Å². The minimum absolute atomic E-state index is 0.0214. The largest absolute Gasteiger partial charge is 0.507 e. The lowest BCUT2D eigenvalue weighted by Gasteiger charge is -2.30. The van der Waals surface area contributed by atoms with Crippen molar-refractivity contribution in [2.75, 3.05) is 60.7 Å². The molecule has 1 amide bonds. The van der Waals surface area contributed by atoms with Crippen molar-refractivity contribution in [2.24, 2.45) is 0 Å². The van der Waals surface area contributed by atoms with Gasteiger partial charge in [-0.25, -0.2) is 0 Å². The Hall–Kier alpha value is -3.56. The number of quaternary nitrogens is 1. The number of methoxy groups -OCH3 is 3. The molecule has 0 aromatic heterocycles. The first-order chi connectivity index (χ1) is 17.4. The Kier molecular flexibility index (Phi) is 7.81. The van der Waals surface area contributed by atoms with Crippen LogP contribution in [0.2, 0.25) is 0 Å². The number of aliphatic hydroxyl groups is 1. The van der Waals surface area contributed by atoms with E-state index in [1.807, 2.05) is 6.92 Å². The number of ketones is 1. The Morgan fingerprint density at radius 3 is 2.42 bits per heavy atom. The van der Waals surface area contributed by atoms with Gasteiger partial charge in [-0.15, -0.1) is 0 Å². The maximum atomic E-state index is 13.4. The van der Waals surface area contributed by atoms with Crippen molar-refractivity contribution in [3.05, 3.63) is 58.7 Å². The molecule has 2 saturated heterocycles. The number of aliphatic hydroxyl groups excluding tert-OH is 1. The highest BCUT2D eigenvalue weighted by molar-refractivity contribution is 6.46. The molecule has 36 heavy (non-hydrogen) atoms. The maximum absolute atomic E-state index is 13.4. The van der Waals surface area contributed by atoms with Gasteiger partial charge in [0, 0.05) is 11.1 Å². The van der Waals surface area contributed by atoms with Crippen LogP contribution in [0.15, 0.2) is 42.0 Å². The van der Waals surface area contributed by atoms with E-state index in [9.17, 15) is 14.7 Å². The number of rotatable bonds is 8. The van der Waals surface area contributed by atoms with Gasteiger partial charge in [-0.05, 0) is 36.8 Å². The lowest BCUT2D eigenvalue weighted by Crippen LogP contribution is -3.14.